The Balaban J connectivity index is 1.09. The summed E-state index contributed by atoms with van der Waals surface area (Å²) in [7, 11) is -3.55. The number of aryl methyl sites for hydroxylation is 1. The first kappa shape index (κ1) is 24.3. The molecule has 186 valence electrons. The van der Waals surface area contributed by atoms with Gasteiger partial charge >= 0.3 is 5.69 Å². The molecule has 0 unspecified atom stereocenters. The molecule has 2 aromatic heterocycles. The zero-order chi connectivity index (χ0) is 24.6. The van der Waals surface area contributed by atoms with Gasteiger partial charge in [0.1, 0.15) is 4.21 Å². The van der Waals surface area contributed by atoms with Crippen LogP contribution in [-0.2, 0) is 10.0 Å². The van der Waals surface area contributed by atoms with E-state index in [-0.39, 0.29) is 5.69 Å². The first-order valence-corrected chi connectivity index (χ1v) is 14.4. The molecule has 0 bridgehead atoms. The van der Waals surface area contributed by atoms with Crippen LogP contribution in [-0.4, -0.2) is 62.6 Å². The lowest BCUT2D eigenvalue weighted by Gasteiger charge is -2.36. The summed E-state index contributed by atoms with van der Waals surface area (Å²) in [6, 6.07) is 11.4. The molecule has 0 radical (unpaired) electrons. The van der Waals surface area contributed by atoms with Crippen LogP contribution >= 0.6 is 22.9 Å². The standard InChI is InChI=1S/C24H28ClN5O3S2/c1-16-18-15-17(25)7-8-21(18)34-23(16)35(32,33)26-9-2-3-10-29-11-13-30(14-12-29)20-6-4-5-19-22(20)28-24(31)27-19/h4-8,15,26H,2-3,9-14H2,1H3,(H2,27,28,31). The fraction of sp³-hybridized carbons (Fsp3) is 0.375. The van der Waals surface area contributed by atoms with E-state index in [9.17, 15) is 13.2 Å². The number of aromatic amines is 2. The molecular weight excluding hydrogens is 506 g/mol. The number of para-hydroxylation sites is 1. The third kappa shape index (κ3) is 5.12. The molecule has 3 heterocycles. The lowest BCUT2D eigenvalue weighted by Crippen LogP contribution is -2.46. The van der Waals surface area contributed by atoms with Gasteiger partial charge in [-0.05, 0) is 67.6 Å². The number of nitrogens with one attached hydrogen (secondary N) is 3. The molecule has 11 heteroatoms. The Morgan fingerprint density at radius 1 is 1.09 bits per heavy atom. The van der Waals surface area contributed by atoms with Crippen LogP contribution in [0.3, 0.4) is 0 Å². The number of fused-ring (bicyclic) bond motifs is 2. The number of piperazine rings is 1. The summed E-state index contributed by atoms with van der Waals surface area (Å²) in [4.78, 5) is 22.1. The molecule has 8 nitrogen and oxygen atoms in total. The van der Waals surface area contributed by atoms with Gasteiger partial charge in [-0.15, -0.1) is 11.3 Å². The van der Waals surface area contributed by atoms with Crippen LogP contribution in [0.4, 0.5) is 5.69 Å². The molecule has 4 aromatic rings. The normalized spacial score (nSPS) is 15.4. The molecule has 1 saturated heterocycles. The summed E-state index contributed by atoms with van der Waals surface area (Å²) in [5.41, 5.74) is 3.29. The minimum atomic E-state index is -3.55. The highest BCUT2D eigenvalue weighted by atomic mass is 35.5. The van der Waals surface area contributed by atoms with Crippen LogP contribution in [0.15, 0.2) is 45.4 Å². The third-order valence-corrected chi connectivity index (χ3v) is 10.1. The van der Waals surface area contributed by atoms with Gasteiger partial charge in [0.15, 0.2) is 0 Å². The molecule has 1 aliphatic heterocycles. The monoisotopic (exact) mass is 533 g/mol. The summed E-state index contributed by atoms with van der Waals surface area (Å²) in [6.45, 7) is 6.81. The van der Waals surface area contributed by atoms with E-state index in [1.165, 1.54) is 11.3 Å². The van der Waals surface area contributed by atoms with Crippen LogP contribution in [0.2, 0.25) is 5.02 Å². The van der Waals surface area contributed by atoms with Crippen molar-refractivity contribution in [2.75, 3.05) is 44.2 Å². The summed E-state index contributed by atoms with van der Waals surface area (Å²) in [5.74, 6) is 0. The van der Waals surface area contributed by atoms with Crippen molar-refractivity contribution in [3.05, 3.63) is 57.5 Å². The molecule has 1 fully saturated rings. The molecule has 1 aliphatic rings. The Hall–Kier alpha value is -2.37. The van der Waals surface area contributed by atoms with Crippen LogP contribution in [0.25, 0.3) is 21.1 Å². The smallest absolute Gasteiger partial charge is 0.323 e. The SMILES string of the molecule is Cc1c(S(=O)(=O)NCCCCN2CCN(c3cccc4[nH]c(=O)[nH]c34)CC2)sc2ccc(Cl)cc12. The quantitative estimate of drug-likeness (QED) is 0.298. The van der Waals surface area contributed by atoms with E-state index in [1.807, 2.05) is 37.3 Å². The topological polar surface area (TPSA) is 101 Å². The Bertz CT molecular complexity index is 1520. The largest absolute Gasteiger partial charge is 0.367 e. The maximum atomic E-state index is 12.9. The summed E-state index contributed by atoms with van der Waals surface area (Å²) in [6.07, 6.45) is 1.70. The zero-order valence-electron chi connectivity index (χ0n) is 19.4. The number of H-pyrrole nitrogens is 2. The van der Waals surface area contributed by atoms with Gasteiger partial charge in [-0.1, -0.05) is 17.7 Å². The van der Waals surface area contributed by atoms with E-state index in [2.05, 4.69) is 24.5 Å². The van der Waals surface area contributed by atoms with Crippen molar-refractivity contribution in [2.24, 2.45) is 0 Å². The summed E-state index contributed by atoms with van der Waals surface area (Å²) in [5, 5.41) is 1.49. The Morgan fingerprint density at radius 2 is 1.89 bits per heavy atom. The summed E-state index contributed by atoms with van der Waals surface area (Å²) < 4.78 is 29.8. The number of rotatable bonds is 8. The molecular formula is C24H28ClN5O3S2. The fourth-order valence-corrected chi connectivity index (χ4v) is 7.71. The summed E-state index contributed by atoms with van der Waals surface area (Å²) >= 11 is 7.36. The van der Waals surface area contributed by atoms with E-state index in [0.717, 1.165) is 77.9 Å². The highest BCUT2D eigenvalue weighted by Gasteiger charge is 2.22. The molecule has 0 saturated carbocycles. The average molecular weight is 534 g/mol. The number of unbranched alkanes of at least 4 members (excludes halogenated alkanes) is 1. The number of anilines is 1. The molecule has 0 spiro atoms. The van der Waals surface area contributed by atoms with Crippen molar-refractivity contribution in [3.8, 4) is 0 Å². The first-order chi connectivity index (χ1) is 16.8. The number of aromatic nitrogens is 2. The number of sulfonamides is 1. The van der Waals surface area contributed by atoms with Crippen LogP contribution < -0.4 is 15.3 Å². The van der Waals surface area contributed by atoms with Gasteiger partial charge in [-0.3, -0.25) is 4.90 Å². The van der Waals surface area contributed by atoms with Crippen molar-refractivity contribution in [2.45, 2.75) is 24.0 Å². The lowest BCUT2D eigenvalue weighted by molar-refractivity contribution is 0.253. The van der Waals surface area contributed by atoms with Gasteiger partial charge in [0, 0.05) is 42.4 Å². The van der Waals surface area contributed by atoms with E-state index in [0.29, 0.717) is 15.8 Å². The molecule has 2 aromatic carbocycles. The Labute approximate surface area is 212 Å². The second-order valence-electron chi connectivity index (χ2n) is 8.87. The first-order valence-electron chi connectivity index (χ1n) is 11.7. The van der Waals surface area contributed by atoms with Crippen molar-refractivity contribution in [3.63, 3.8) is 0 Å². The third-order valence-electron chi connectivity index (χ3n) is 6.53. The molecule has 3 N–H and O–H groups in total. The number of thiophene rings is 1. The van der Waals surface area contributed by atoms with Gasteiger partial charge in [0.25, 0.3) is 0 Å². The second-order valence-corrected chi connectivity index (χ2v) is 12.3. The minimum absolute atomic E-state index is 0.186. The average Bonchev–Trinajstić information content (AvgIpc) is 3.38. The number of hydrogen-bond acceptors (Lipinski definition) is 6. The lowest BCUT2D eigenvalue weighted by atomic mass is 10.2. The predicted molar refractivity (Wildman–Crippen MR) is 144 cm³/mol. The predicted octanol–water partition coefficient (Wildman–Crippen LogP) is 3.91. The highest BCUT2D eigenvalue weighted by molar-refractivity contribution is 7.91. The van der Waals surface area contributed by atoms with E-state index < -0.39 is 10.0 Å². The fourth-order valence-electron chi connectivity index (χ4n) is 4.68. The van der Waals surface area contributed by atoms with Crippen molar-refractivity contribution in [1.82, 2.24) is 19.6 Å². The van der Waals surface area contributed by atoms with Crippen LogP contribution in [0.1, 0.15) is 18.4 Å². The zero-order valence-corrected chi connectivity index (χ0v) is 21.8. The number of imidazole rings is 1. The highest BCUT2D eigenvalue weighted by Crippen LogP contribution is 2.35. The maximum absolute atomic E-state index is 12.9. The van der Waals surface area contributed by atoms with Gasteiger partial charge in [0.05, 0.1) is 16.7 Å². The van der Waals surface area contributed by atoms with Crippen LogP contribution in [0.5, 0.6) is 0 Å². The van der Waals surface area contributed by atoms with Crippen molar-refractivity contribution >= 4 is 59.8 Å². The number of benzene rings is 2. The van der Waals surface area contributed by atoms with Crippen molar-refractivity contribution < 1.29 is 8.42 Å². The molecule has 5 rings (SSSR count). The molecule has 0 aliphatic carbocycles. The van der Waals surface area contributed by atoms with Gasteiger partial charge in [-0.2, -0.15) is 0 Å². The van der Waals surface area contributed by atoms with E-state index in [4.69, 9.17) is 11.6 Å². The Kier molecular flexibility index (Phi) is 6.91. The van der Waals surface area contributed by atoms with Crippen molar-refractivity contribution in [1.29, 1.82) is 0 Å². The molecule has 35 heavy (non-hydrogen) atoms. The number of halogens is 1. The minimum Gasteiger partial charge on any atom is -0.367 e. The van der Waals surface area contributed by atoms with E-state index in [1.54, 1.807) is 6.07 Å². The second kappa shape index (κ2) is 9.94. The van der Waals surface area contributed by atoms with E-state index >= 15 is 0 Å². The van der Waals surface area contributed by atoms with Crippen LogP contribution in [0, 0.1) is 6.92 Å². The van der Waals surface area contributed by atoms with Gasteiger partial charge in [-0.25, -0.2) is 17.9 Å². The number of hydrogen-bond donors (Lipinski definition) is 3. The molecule has 0 amide bonds. The Morgan fingerprint density at radius 3 is 2.69 bits per heavy atom. The molecule has 0 atom stereocenters. The van der Waals surface area contributed by atoms with Gasteiger partial charge in [0.2, 0.25) is 10.0 Å². The number of nitrogens with zero attached hydrogens (tertiary/aromatic N) is 2. The van der Waals surface area contributed by atoms with Gasteiger partial charge < -0.3 is 14.9 Å². The maximum Gasteiger partial charge on any atom is 0.323 e.